The standard InChI is InChI=1S/C12H10BrClN4O3/c1-2-17-6-7(13)5-9(17)12(19)16-11-8(18(20)21)3-4-10(14)15-11/h3-6H,2H2,1H3,(H,15,16,19). The maximum absolute atomic E-state index is 12.2. The second kappa shape index (κ2) is 6.23. The second-order valence-corrected chi connectivity index (χ2v) is 5.35. The molecule has 0 spiro atoms. The molecule has 21 heavy (non-hydrogen) atoms. The second-order valence-electron chi connectivity index (χ2n) is 4.04. The first-order valence-corrected chi connectivity index (χ1v) is 7.07. The average molecular weight is 374 g/mol. The molecule has 1 N–H and O–H groups in total. The molecule has 0 aromatic carbocycles. The maximum Gasteiger partial charge on any atom is 0.311 e. The Kier molecular flexibility index (Phi) is 4.59. The normalized spacial score (nSPS) is 10.4. The number of hydrogen-bond donors (Lipinski definition) is 1. The van der Waals surface area contributed by atoms with Gasteiger partial charge in [-0.25, -0.2) is 4.98 Å². The molecule has 0 saturated carbocycles. The topological polar surface area (TPSA) is 90.1 Å². The van der Waals surface area contributed by atoms with Gasteiger partial charge in [-0.05, 0) is 35.0 Å². The van der Waals surface area contributed by atoms with Gasteiger partial charge in [-0.15, -0.1) is 0 Å². The third-order valence-electron chi connectivity index (χ3n) is 2.71. The van der Waals surface area contributed by atoms with Gasteiger partial charge in [-0.3, -0.25) is 20.2 Å². The van der Waals surface area contributed by atoms with E-state index >= 15 is 0 Å². The van der Waals surface area contributed by atoms with E-state index in [9.17, 15) is 14.9 Å². The molecule has 110 valence electrons. The first kappa shape index (κ1) is 15.5. The number of nitrogens with one attached hydrogen (secondary N) is 1. The number of rotatable bonds is 4. The van der Waals surface area contributed by atoms with Crippen LogP contribution in [0.2, 0.25) is 5.15 Å². The zero-order valence-corrected chi connectivity index (χ0v) is 13.2. The van der Waals surface area contributed by atoms with Crippen molar-refractivity contribution < 1.29 is 9.72 Å². The summed E-state index contributed by atoms with van der Waals surface area (Å²) >= 11 is 9.00. The summed E-state index contributed by atoms with van der Waals surface area (Å²) in [5, 5.41) is 13.4. The van der Waals surface area contributed by atoms with Gasteiger partial charge >= 0.3 is 5.69 Å². The quantitative estimate of drug-likeness (QED) is 0.505. The number of nitro groups is 1. The molecule has 0 aliphatic heterocycles. The fraction of sp³-hybridized carbons (Fsp3) is 0.167. The highest BCUT2D eigenvalue weighted by atomic mass is 79.9. The van der Waals surface area contributed by atoms with Crippen molar-refractivity contribution in [3.63, 3.8) is 0 Å². The Labute approximate surface area is 133 Å². The lowest BCUT2D eigenvalue weighted by Gasteiger charge is -2.07. The van der Waals surface area contributed by atoms with Gasteiger partial charge in [0, 0.05) is 23.3 Å². The lowest BCUT2D eigenvalue weighted by Crippen LogP contribution is -2.18. The minimum Gasteiger partial charge on any atom is -0.343 e. The Balaban J connectivity index is 2.35. The average Bonchev–Trinajstić information content (AvgIpc) is 2.79. The molecule has 0 fully saturated rings. The Morgan fingerprint density at radius 3 is 2.90 bits per heavy atom. The third kappa shape index (κ3) is 3.40. The molecule has 2 rings (SSSR count). The van der Waals surface area contributed by atoms with Gasteiger partial charge in [0.1, 0.15) is 10.8 Å². The number of aromatic nitrogens is 2. The molecule has 9 heteroatoms. The van der Waals surface area contributed by atoms with E-state index in [2.05, 4.69) is 26.2 Å². The molecule has 7 nitrogen and oxygen atoms in total. The molecule has 0 unspecified atom stereocenters. The number of hydrogen-bond acceptors (Lipinski definition) is 4. The van der Waals surface area contributed by atoms with E-state index in [1.54, 1.807) is 16.8 Å². The molecule has 0 aliphatic rings. The van der Waals surface area contributed by atoms with Crippen LogP contribution in [0.15, 0.2) is 28.9 Å². The number of pyridine rings is 1. The third-order valence-corrected chi connectivity index (χ3v) is 3.35. The van der Waals surface area contributed by atoms with E-state index in [4.69, 9.17) is 11.6 Å². The summed E-state index contributed by atoms with van der Waals surface area (Å²) in [5.74, 6) is -0.683. The predicted octanol–water partition coefficient (Wildman–Crippen LogP) is 3.48. The highest BCUT2D eigenvalue weighted by molar-refractivity contribution is 9.10. The van der Waals surface area contributed by atoms with Crippen LogP contribution in [-0.2, 0) is 6.54 Å². The van der Waals surface area contributed by atoms with Crippen molar-refractivity contribution in [1.29, 1.82) is 0 Å². The Morgan fingerprint density at radius 2 is 2.29 bits per heavy atom. The summed E-state index contributed by atoms with van der Waals surface area (Å²) in [4.78, 5) is 26.3. The Hall–Kier alpha value is -1.93. The van der Waals surface area contributed by atoms with Gasteiger partial charge < -0.3 is 4.57 Å². The Bertz CT molecular complexity index is 717. The molecule has 0 bridgehead atoms. The lowest BCUT2D eigenvalue weighted by molar-refractivity contribution is -0.384. The number of halogens is 2. The largest absolute Gasteiger partial charge is 0.343 e. The number of aryl methyl sites for hydroxylation is 1. The number of amides is 1. The number of nitrogens with zero attached hydrogens (tertiary/aromatic N) is 3. The first-order chi connectivity index (χ1) is 9.92. The summed E-state index contributed by atoms with van der Waals surface area (Å²) < 4.78 is 2.44. The molecule has 2 aromatic heterocycles. The summed E-state index contributed by atoms with van der Waals surface area (Å²) in [6.45, 7) is 2.46. The zero-order valence-electron chi connectivity index (χ0n) is 10.8. The fourth-order valence-electron chi connectivity index (χ4n) is 1.77. The van der Waals surface area contributed by atoms with Gasteiger partial charge in [0.05, 0.1) is 4.92 Å². The van der Waals surface area contributed by atoms with Gasteiger partial charge in [0.15, 0.2) is 0 Å². The molecule has 2 heterocycles. The van der Waals surface area contributed by atoms with Crippen molar-refractivity contribution in [1.82, 2.24) is 9.55 Å². The summed E-state index contributed by atoms with van der Waals surface area (Å²) in [6, 6.07) is 4.11. The van der Waals surface area contributed by atoms with Crippen molar-refractivity contribution in [2.24, 2.45) is 0 Å². The van der Waals surface area contributed by atoms with Crippen LogP contribution in [0.5, 0.6) is 0 Å². The van der Waals surface area contributed by atoms with E-state index < -0.39 is 10.8 Å². The zero-order chi connectivity index (χ0) is 15.6. The highest BCUT2D eigenvalue weighted by Crippen LogP contribution is 2.25. The van der Waals surface area contributed by atoms with E-state index in [0.717, 1.165) is 4.47 Å². The van der Waals surface area contributed by atoms with Crippen molar-refractivity contribution >= 4 is 44.9 Å². The highest BCUT2D eigenvalue weighted by Gasteiger charge is 2.20. The van der Waals surface area contributed by atoms with Crippen LogP contribution in [0.4, 0.5) is 11.5 Å². The van der Waals surface area contributed by atoms with Crippen LogP contribution in [0.25, 0.3) is 0 Å². The lowest BCUT2D eigenvalue weighted by atomic mass is 10.3. The number of carbonyl (C=O) groups excluding carboxylic acids is 1. The molecule has 0 aliphatic carbocycles. The predicted molar refractivity (Wildman–Crippen MR) is 81.7 cm³/mol. The summed E-state index contributed by atoms with van der Waals surface area (Å²) in [7, 11) is 0. The van der Waals surface area contributed by atoms with Crippen LogP contribution in [-0.4, -0.2) is 20.4 Å². The fourth-order valence-corrected chi connectivity index (χ4v) is 2.38. The molecule has 2 aromatic rings. The van der Waals surface area contributed by atoms with Gasteiger partial charge in [0.2, 0.25) is 5.82 Å². The van der Waals surface area contributed by atoms with Gasteiger partial charge in [-0.1, -0.05) is 11.6 Å². The molecule has 0 atom stereocenters. The van der Waals surface area contributed by atoms with Crippen LogP contribution < -0.4 is 5.32 Å². The SMILES string of the molecule is CCn1cc(Br)cc1C(=O)Nc1nc(Cl)ccc1[N+](=O)[O-]. The number of anilines is 1. The minimum absolute atomic E-state index is 0.0583. The van der Waals surface area contributed by atoms with E-state index in [1.807, 2.05) is 6.92 Å². The van der Waals surface area contributed by atoms with Crippen molar-refractivity contribution in [2.75, 3.05) is 5.32 Å². The van der Waals surface area contributed by atoms with Gasteiger partial charge in [0.25, 0.3) is 5.91 Å². The van der Waals surface area contributed by atoms with Crippen LogP contribution in [0, 0.1) is 10.1 Å². The molecular weight excluding hydrogens is 364 g/mol. The van der Waals surface area contributed by atoms with E-state index in [-0.39, 0.29) is 16.7 Å². The van der Waals surface area contributed by atoms with E-state index in [1.165, 1.54) is 12.1 Å². The number of carbonyl (C=O) groups is 1. The molecule has 0 saturated heterocycles. The maximum atomic E-state index is 12.2. The van der Waals surface area contributed by atoms with Crippen LogP contribution in [0.3, 0.4) is 0 Å². The van der Waals surface area contributed by atoms with Crippen LogP contribution in [0.1, 0.15) is 17.4 Å². The molecular formula is C12H10BrClN4O3. The van der Waals surface area contributed by atoms with Crippen LogP contribution >= 0.6 is 27.5 Å². The van der Waals surface area contributed by atoms with Crippen molar-refractivity contribution in [3.8, 4) is 0 Å². The van der Waals surface area contributed by atoms with Crippen molar-refractivity contribution in [3.05, 3.63) is 49.8 Å². The summed E-state index contributed by atoms with van der Waals surface area (Å²) in [5.41, 5.74) is 0.0434. The monoisotopic (exact) mass is 372 g/mol. The Morgan fingerprint density at radius 1 is 1.57 bits per heavy atom. The van der Waals surface area contributed by atoms with Crippen molar-refractivity contribution in [2.45, 2.75) is 13.5 Å². The first-order valence-electron chi connectivity index (χ1n) is 5.90. The summed E-state index contributed by atoms with van der Waals surface area (Å²) in [6.07, 6.45) is 1.74. The molecule has 0 radical (unpaired) electrons. The van der Waals surface area contributed by atoms with E-state index in [0.29, 0.717) is 12.2 Å². The smallest absolute Gasteiger partial charge is 0.311 e. The minimum atomic E-state index is -0.631. The molecule has 1 amide bonds. The van der Waals surface area contributed by atoms with Gasteiger partial charge in [-0.2, -0.15) is 0 Å².